The molecule has 1 aliphatic rings. The maximum atomic E-state index is 10.4. The monoisotopic (exact) mass is 202 g/mol. The largest absolute Gasteiger partial charge is 0.269 e. The smallest absolute Gasteiger partial charge is 0.258 e. The van der Waals surface area contributed by atoms with Gasteiger partial charge in [0, 0.05) is 29.8 Å². The van der Waals surface area contributed by atoms with Crippen LogP contribution >= 0.6 is 0 Å². The van der Waals surface area contributed by atoms with E-state index in [0.29, 0.717) is 0 Å². The summed E-state index contributed by atoms with van der Waals surface area (Å²) in [5, 5.41) is 10.4. The first-order chi connectivity index (χ1) is 7.16. The Morgan fingerprint density at radius 3 is 2.47 bits per heavy atom. The van der Waals surface area contributed by atoms with Gasteiger partial charge in [-0.2, -0.15) is 0 Å². The number of hydrogen-bond acceptors (Lipinski definition) is 3. The third kappa shape index (κ3) is 1.93. The standard InChI is InChI=1S/C11H10N2O2/c1-8-2-7-11(12-8)9-3-5-10(6-4-9)13(14)15/h3-7H,2H2,1H3. The van der Waals surface area contributed by atoms with Gasteiger partial charge in [0.2, 0.25) is 0 Å². The number of allylic oxidation sites excluding steroid dienone is 1. The van der Waals surface area contributed by atoms with Gasteiger partial charge in [0.05, 0.1) is 10.6 Å². The lowest BCUT2D eigenvalue weighted by molar-refractivity contribution is -0.384. The second-order valence-electron chi connectivity index (χ2n) is 3.44. The van der Waals surface area contributed by atoms with E-state index in [9.17, 15) is 10.1 Å². The topological polar surface area (TPSA) is 55.5 Å². The van der Waals surface area contributed by atoms with Crippen molar-refractivity contribution in [2.24, 2.45) is 4.99 Å². The molecule has 1 aromatic rings. The highest BCUT2D eigenvalue weighted by atomic mass is 16.6. The maximum Gasteiger partial charge on any atom is 0.269 e. The van der Waals surface area contributed by atoms with Crippen molar-refractivity contribution in [3.05, 3.63) is 46.0 Å². The van der Waals surface area contributed by atoms with Crippen molar-refractivity contribution in [3.63, 3.8) is 0 Å². The molecular weight excluding hydrogens is 192 g/mol. The first-order valence-electron chi connectivity index (χ1n) is 4.66. The van der Waals surface area contributed by atoms with Gasteiger partial charge in [-0.3, -0.25) is 15.1 Å². The number of nitrogens with zero attached hydrogens (tertiary/aromatic N) is 2. The van der Waals surface area contributed by atoms with Gasteiger partial charge in [0.1, 0.15) is 0 Å². The highest BCUT2D eigenvalue weighted by molar-refractivity contribution is 5.94. The molecule has 0 N–H and O–H groups in total. The van der Waals surface area contributed by atoms with Crippen LogP contribution in [0.2, 0.25) is 0 Å². The molecule has 0 radical (unpaired) electrons. The fourth-order valence-electron chi connectivity index (χ4n) is 1.48. The average Bonchev–Trinajstić information content (AvgIpc) is 2.65. The summed E-state index contributed by atoms with van der Waals surface area (Å²) in [5.74, 6) is 0. The number of rotatable bonds is 2. The highest BCUT2D eigenvalue weighted by Gasteiger charge is 2.09. The molecule has 0 fully saturated rings. The van der Waals surface area contributed by atoms with Crippen LogP contribution in [0.5, 0.6) is 0 Å². The molecule has 1 aromatic carbocycles. The van der Waals surface area contributed by atoms with E-state index in [1.165, 1.54) is 12.1 Å². The average molecular weight is 202 g/mol. The van der Waals surface area contributed by atoms with Crippen molar-refractivity contribution in [1.82, 2.24) is 0 Å². The summed E-state index contributed by atoms with van der Waals surface area (Å²) in [6.07, 6.45) is 2.89. The summed E-state index contributed by atoms with van der Waals surface area (Å²) in [4.78, 5) is 14.4. The molecule has 0 spiro atoms. The van der Waals surface area contributed by atoms with Crippen molar-refractivity contribution in [3.8, 4) is 0 Å². The predicted octanol–water partition coefficient (Wildman–Crippen LogP) is 2.80. The molecule has 0 saturated heterocycles. The lowest BCUT2D eigenvalue weighted by Crippen LogP contribution is -1.87. The van der Waals surface area contributed by atoms with Crippen LogP contribution in [0, 0.1) is 10.1 Å². The first kappa shape index (κ1) is 9.58. The van der Waals surface area contributed by atoms with Crippen LogP contribution in [0.1, 0.15) is 18.9 Å². The Kier molecular flexibility index (Phi) is 2.33. The SMILES string of the molecule is CC1=NC(c2ccc([N+](=O)[O-])cc2)=CC1. The quantitative estimate of drug-likeness (QED) is 0.547. The van der Waals surface area contributed by atoms with Crippen LogP contribution in [-0.4, -0.2) is 10.6 Å². The number of benzene rings is 1. The van der Waals surface area contributed by atoms with Crippen LogP contribution < -0.4 is 0 Å². The second kappa shape index (κ2) is 3.65. The number of nitro groups is 1. The van der Waals surface area contributed by atoms with E-state index in [2.05, 4.69) is 4.99 Å². The van der Waals surface area contributed by atoms with Gasteiger partial charge in [-0.05, 0) is 19.1 Å². The van der Waals surface area contributed by atoms with Gasteiger partial charge in [0.15, 0.2) is 0 Å². The molecule has 4 nitrogen and oxygen atoms in total. The van der Waals surface area contributed by atoms with Gasteiger partial charge in [-0.15, -0.1) is 0 Å². The van der Waals surface area contributed by atoms with E-state index in [1.807, 2.05) is 13.0 Å². The summed E-state index contributed by atoms with van der Waals surface area (Å²) in [7, 11) is 0. The second-order valence-corrected chi connectivity index (χ2v) is 3.44. The van der Waals surface area contributed by atoms with Gasteiger partial charge in [0.25, 0.3) is 5.69 Å². The van der Waals surface area contributed by atoms with Crippen molar-refractivity contribution in [1.29, 1.82) is 0 Å². The molecule has 4 heteroatoms. The van der Waals surface area contributed by atoms with Crippen molar-refractivity contribution < 1.29 is 4.92 Å². The van der Waals surface area contributed by atoms with Crippen molar-refractivity contribution in [2.45, 2.75) is 13.3 Å². The molecule has 2 rings (SSSR count). The molecule has 0 aliphatic carbocycles. The number of hydrogen-bond donors (Lipinski definition) is 0. The minimum atomic E-state index is -0.401. The van der Waals surface area contributed by atoms with Gasteiger partial charge >= 0.3 is 0 Å². The van der Waals surface area contributed by atoms with E-state index in [4.69, 9.17) is 0 Å². The third-order valence-electron chi connectivity index (χ3n) is 2.28. The molecule has 1 heterocycles. The Morgan fingerprint density at radius 2 is 2.00 bits per heavy atom. The fraction of sp³-hybridized carbons (Fsp3) is 0.182. The van der Waals surface area contributed by atoms with Crippen molar-refractivity contribution >= 4 is 17.1 Å². The fourth-order valence-corrected chi connectivity index (χ4v) is 1.48. The van der Waals surface area contributed by atoms with Crippen LogP contribution in [0.15, 0.2) is 35.3 Å². The Morgan fingerprint density at radius 1 is 1.33 bits per heavy atom. The highest BCUT2D eigenvalue weighted by Crippen LogP contribution is 2.23. The van der Waals surface area contributed by atoms with Crippen LogP contribution in [0.3, 0.4) is 0 Å². The van der Waals surface area contributed by atoms with Gasteiger partial charge in [-0.1, -0.05) is 6.08 Å². The van der Waals surface area contributed by atoms with Gasteiger partial charge < -0.3 is 0 Å². The molecule has 0 aromatic heterocycles. The zero-order valence-corrected chi connectivity index (χ0v) is 8.30. The predicted molar refractivity (Wildman–Crippen MR) is 58.8 cm³/mol. The van der Waals surface area contributed by atoms with E-state index in [-0.39, 0.29) is 5.69 Å². The summed E-state index contributed by atoms with van der Waals surface area (Å²) in [5.41, 5.74) is 3.02. The molecule has 0 atom stereocenters. The molecule has 0 saturated carbocycles. The van der Waals surface area contributed by atoms with E-state index >= 15 is 0 Å². The van der Waals surface area contributed by atoms with Crippen LogP contribution in [-0.2, 0) is 0 Å². The minimum absolute atomic E-state index is 0.109. The zero-order chi connectivity index (χ0) is 10.8. The Hall–Kier alpha value is -1.97. The third-order valence-corrected chi connectivity index (χ3v) is 2.28. The zero-order valence-electron chi connectivity index (χ0n) is 8.30. The number of aliphatic imine (C=N–C) groups is 1. The Labute approximate surface area is 87.1 Å². The van der Waals surface area contributed by atoms with Crippen LogP contribution in [0.4, 0.5) is 5.69 Å². The molecule has 1 aliphatic heterocycles. The number of non-ortho nitro benzene ring substituents is 1. The van der Waals surface area contributed by atoms with E-state index in [1.54, 1.807) is 12.1 Å². The summed E-state index contributed by atoms with van der Waals surface area (Å²) in [6, 6.07) is 6.46. The minimum Gasteiger partial charge on any atom is -0.258 e. The molecule has 0 unspecified atom stereocenters. The number of nitro benzene ring substituents is 1. The Bertz CT molecular complexity index is 458. The molecule has 15 heavy (non-hydrogen) atoms. The molecule has 76 valence electrons. The maximum absolute atomic E-state index is 10.4. The van der Waals surface area contributed by atoms with Crippen molar-refractivity contribution in [2.75, 3.05) is 0 Å². The van der Waals surface area contributed by atoms with Crippen LogP contribution in [0.25, 0.3) is 5.70 Å². The molecule has 0 amide bonds. The van der Waals surface area contributed by atoms with Gasteiger partial charge in [-0.25, -0.2) is 0 Å². The lowest BCUT2D eigenvalue weighted by atomic mass is 10.1. The Balaban J connectivity index is 2.28. The first-order valence-corrected chi connectivity index (χ1v) is 4.66. The summed E-state index contributed by atoms with van der Waals surface area (Å²) >= 11 is 0. The normalized spacial score (nSPS) is 14.7. The molecule has 0 bridgehead atoms. The van der Waals surface area contributed by atoms with E-state index in [0.717, 1.165) is 23.4 Å². The summed E-state index contributed by atoms with van der Waals surface area (Å²) < 4.78 is 0. The lowest BCUT2D eigenvalue weighted by Gasteiger charge is -1.98. The van der Waals surface area contributed by atoms with E-state index < -0.39 is 4.92 Å². The summed E-state index contributed by atoms with van der Waals surface area (Å²) in [6.45, 7) is 1.97. The molecular formula is C11H10N2O2.